The largest absolute Gasteiger partial charge is 0.352 e. The van der Waals surface area contributed by atoms with Crippen molar-refractivity contribution in [1.82, 2.24) is 14.9 Å². The molecule has 1 aromatic rings. The minimum atomic E-state index is 0.228. The smallest absolute Gasteiger partial charge is 0.223 e. The van der Waals surface area contributed by atoms with Crippen LogP contribution in [0.25, 0.3) is 0 Å². The summed E-state index contributed by atoms with van der Waals surface area (Å²) in [6, 6.07) is 3.62. The molecular formula is C12H17N5. The normalized spacial score (nSPS) is 17.3. The molecule has 1 aliphatic rings. The predicted octanol–water partition coefficient (Wildman–Crippen LogP) is 1.24. The van der Waals surface area contributed by atoms with Crippen molar-refractivity contribution in [1.29, 1.82) is 5.26 Å². The summed E-state index contributed by atoms with van der Waals surface area (Å²) >= 11 is 0. The minimum Gasteiger partial charge on any atom is -0.352 e. The van der Waals surface area contributed by atoms with Gasteiger partial charge in [-0.25, -0.2) is 9.97 Å². The van der Waals surface area contributed by atoms with E-state index in [1.807, 2.05) is 6.07 Å². The maximum absolute atomic E-state index is 8.76. The van der Waals surface area contributed by atoms with Gasteiger partial charge in [-0.05, 0) is 39.4 Å². The fraction of sp³-hybridized carbons (Fsp3) is 0.583. The minimum absolute atomic E-state index is 0.228. The highest BCUT2D eigenvalue weighted by molar-refractivity contribution is 5.31. The lowest BCUT2D eigenvalue weighted by Gasteiger charge is -2.47. The standard InChI is InChI=1S/C12H17N5/c1-17(2)12(5-3-6-12)9-15-11-14-7-4-10(8-13)16-11/h4,7H,3,5-6,9H2,1-2H3,(H,14,15,16). The number of anilines is 1. The van der Waals surface area contributed by atoms with Crippen molar-refractivity contribution in [2.45, 2.75) is 24.8 Å². The van der Waals surface area contributed by atoms with Crippen molar-refractivity contribution in [3.8, 4) is 6.07 Å². The van der Waals surface area contributed by atoms with Crippen LogP contribution in [0.1, 0.15) is 25.0 Å². The molecule has 0 amide bonds. The van der Waals surface area contributed by atoms with E-state index in [9.17, 15) is 0 Å². The van der Waals surface area contributed by atoms with Crippen molar-refractivity contribution < 1.29 is 0 Å². The van der Waals surface area contributed by atoms with Crippen molar-refractivity contribution in [2.24, 2.45) is 0 Å². The van der Waals surface area contributed by atoms with Crippen LogP contribution in [0.15, 0.2) is 12.3 Å². The predicted molar refractivity (Wildman–Crippen MR) is 65.5 cm³/mol. The third-order valence-corrected chi connectivity index (χ3v) is 3.58. The van der Waals surface area contributed by atoms with Gasteiger partial charge in [-0.15, -0.1) is 0 Å². The Morgan fingerprint density at radius 2 is 2.29 bits per heavy atom. The second-order valence-electron chi connectivity index (χ2n) is 4.70. The molecule has 1 saturated carbocycles. The zero-order valence-electron chi connectivity index (χ0n) is 10.3. The van der Waals surface area contributed by atoms with Crippen molar-refractivity contribution in [3.63, 3.8) is 0 Å². The molecule has 1 aromatic heterocycles. The van der Waals surface area contributed by atoms with Crippen LogP contribution >= 0.6 is 0 Å². The van der Waals surface area contributed by atoms with Crippen LogP contribution in [0, 0.1) is 11.3 Å². The quantitative estimate of drug-likeness (QED) is 0.844. The molecule has 5 nitrogen and oxygen atoms in total. The summed E-state index contributed by atoms with van der Waals surface area (Å²) in [6.07, 6.45) is 5.28. The lowest BCUT2D eigenvalue weighted by molar-refractivity contribution is 0.0737. The van der Waals surface area contributed by atoms with E-state index in [0.717, 1.165) is 6.54 Å². The van der Waals surface area contributed by atoms with Crippen molar-refractivity contribution in [3.05, 3.63) is 18.0 Å². The third-order valence-electron chi connectivity index (χ3n) is 3.58. The Morgan fingerprint density at radius 1 is 1.53 bits per heavy atom. The van der Waals surface area contributed by atoms with Gasteiger partial charge in [-0.2, -0.15) is 5.26 Å². The molecule has 1 N–H and O–H groups in total. The van der Waals surface area contributed by atoms with E-state index in [1.54, 1.807) is 12.3 Å². The molecule has 0 bridgehead atoms. The SMILES string of the molecule is CN(C)C1(CNc2nccc(C#N)n2)CCC1. The van der Waals surface area contributed by atoms with Crippen LogP contribution < -0.4 is 5.32 Å². The van der Waals surface area contributed by atoms with Crippen LogP contribution in [-0.4, -0.2) is 41.0 Å². The van der Waals surface area contributed by atoms with E-state index in [1.165, 1.54) is 19.3 Å². The molecular weight excluding hydrogens is 214 g/mol. The van der Waals surface area contributed by atoms with E-state index >= 15 is 0 Å². The van der Waals surface area contributed by atoms with Crippen molar-refractivity contribution >= 4 is 5.95 Å². The van der Waals surface area contributed by atoms with Crippen LogP contribution in [0.5, 0.6) is 0 Å². The van der Waals surface area contributed by atoms with Crippen molar-refractivity contribution in [2.75, 3.05) is 26.0 Å². The van der Waals surface area contributed by atoms with Crippen LogP contribution in [0.4, 0.5) is 5.95 Å². The second-order valence-corrected chi connectivity index (χ2v) is 4.70. The molecule has 1 aliphatic carbocycles. The zero-order valence-corrected chi connectivity index (χ0v) is 10.3. The number of hydrogen-bond donors (Lipinski definition) is 1. The first-order valence-corrected chi connectivity index (χ1v) is 5.81. The van der Waals surface area contributed by atoms with E-state index in [0.29, 0.717) is 11.6 Å². The molecule has 1 heterocycles. The topological polar surface area (TPSA) is 64.8 Å². The Hall–Kier alpha value is -1.67. The molecule has 0 atom stereocenters. The Kier molecular flexibility index (Phi) is 3.25. The van der Waals surface area contributed by atoms with Gasteiger partial charge in [0.05, 0.1) is 0 Å². The summed E-state index contributed by atoms with van der Waals surface area (Å²) in [4.78, 5) is 10.5. The monoisotopic (exact) mass is 231 g/mol. The number of hydrogen-bond acceptors (Lipinski definition) is 5. The molecule has 90 valence electrons. The van der Waals surface area contributed by atoms with Crippen LogP contribution in [-0.2, 0) is 0 Å². The lowest BCUT2D eigenvalue weighted by atomic mass is 9.75. The summed E-state index contributed by atoms with van der Waals surface area (Å²) in [5.41, 5.74) is 0.626. The summed E-state index contributed by atoms with van der Waals surface area (Å²) in [6.45, 7) is 0.828. The molecule has 0 unspecified atom stereocenters. The first-order valence-electron chi connectivity index (χ1n) is 5.81. The molecule has 5 heteroatoms. The van der Waals surface area contributed by atoms with Gasteiger partial charge < -0.3 is 10.2 Å². The Balaban J connectivity index is 2.00. The number of rotatable bonds is 4. The van der Waals surface area contributed by atoms with E-state index in [2.05, 4.69) is 34.3 Å². The number of nitrogens with zero attached hydrogens (tertiary/aromatic N) is 4. The molecule has 0 spiro atoms. The first-order chi connectivity index (χ1) is 8.16. The third kappa shape index (κ3) is 2.37. The van der Waals surface area contributed by atoms with E-state index < -0.39 is 0 Å². The molecule has 2 rings (SSSR count). The van der Waals surface area contributed by atoms with E-state index in [4.69, 9.17) is 5.26 Å². The molecule has 0 aliphatic heterocycles. The van der Waals surface area contributed by atoms with Crippen LogP contribution in [0.2, 0.25) is 0 Å². The van der Waals surface area contributed by atoms with Gasteiger partial charge in [0, 0.05) is 18.3 Å². The maximum Gasteiger partial charge on any atom is 0.223 e. The van der Waals surface area contributed by atoms with Gasteiger partial charge in [0.1, 0.15) is 11.8 Å². The van der Waals surface area contributed by atoms with Gasteiger partial charge in [0.25, 0.3) is 0 Å². The average Bonchev–Trinajstić information content (AvgIpc) is 2.27. The molecule has 0 radical (unpaired) electrons. The molecule has 0 saturated heterocycles. The van der Waals surface area contributed by atoms with E-state index in [-0.39, 0.29) is 5.54 Å². The number of aromatic nitrogens is 2. The van der Waals surface area contributed by atoms with Gasteiger partial charge in [-0.1, -0.05) is 0 Å². The molecule has 17 heavy (non-hydrogen) atoms. The van der Waals surface area contributed by atoms with Gasteiger partial charge in [0.2, 0.25) is 5.95 Å². The highest BCUT2D eigenvalue weighted by atomic mass is 15.2. The molecule has 1 fully saturated rings. The zero-order chi connectivity index (χ0) is 12.3. The van der Waals surface area contributed by atoms with Crippen LogP contribution in [0.3, 0.4) is 0 Å². The lowest BCUT2D eigenvalue weighted by Crippen LogP contribution is -2.54. The van der Waals surface area contributed by atoms with Gasteiger partial charge >= 0.3 is 0 Å². The fourth-order valence-electron chi connectivity index (χ4n) is 2.12. The summed E-state index contributed by atoms with van der Waals surface area (Å²) in [5.74, 6) is 0.539. The summed E-state index contributed by atoms with van der Waals surface area (Å²) in [7, 11) is 4.21. The Morgan fingerprint density at radius 3 is 2.82 bits per heavy atom. The summed E-state index contributed by atoms with van der Waals surface area (Å²) in [5, 5.41) is 12.0. The Labute approximate surface area is 101 Å². The number of likely N-dealkylation sites (N-methyl/N-ethyl adjacent to an activating group) is 1. The van der Waals surface area contributed by atoms with Gasteiger partial charge in [0.15, 0.2) is 0 Å². The second kappa shape index (κ2) is 4.68. The Bertz CT molecular complexity index is 431. The average molecular weight is 231 g/mol. The number of nitriles is 1. The molecule has 0 aromatic carbocycles. The first kappa shape index (κ1) is 11.8. The fourth-order valence-corrected chi connectivity index (χ4v) is 2.12. The van der Waals surface area contributed by atoms with Gasteiger partial charge in [-0.3, -0.25) is 0 Å². The maximum atomic E-state index is 8.76. The number of nitrogens with one attached hydrogen (secondary N) is 1. The summed E-state index contributed by atoms with van der Waals surface area (Å²) < 4.78 is 0. The highest BCUT2D eigenvalue weighted by Gasteiger charge is 2.38. The highest BCUT2D eigenvalue weighted by Crippen LogP contribution is 2.35.